The van der Waals surface area contributed by atoms with Gasteiger partial charge in [0.1, 0.15) is 0 Å². The van der Waals surface area contributed by atoms with Gasteiger partial charge in [-0.1, -0.05) is 11.6 Å². The average molecular weight is 227 g/mol. The standard InChI is InChI=1S/C10H11ClN2O2/c11-7-1-2-8-9(5-7)13(3-4-14)6-10(15)12-8/h1-2,5,14H,3-4,6H2,(H,12,15). The monoisotopic (exact) mass is 226 g/mol. The fourth-order valence-corrected chi connectivity index (χ4v) is 1.81. The molecule has 1 aliphatic heterocycles. The molecule has 1 heterocycles. The summed E-state index contributed by atoms with van der Waals surface area (Å²) < 4.78 is 0. The van der Waals surface area contributed by atoms with Crippen LogP contribution in [0.4, 0.5) is 11.4 Å². The molecule has 0 saturated heterocycles. The van der Waals surface area contributed by atoms with Crippen molar-refractivity contribution in [2.45, 2.75) is 0 Å². The third-order valence-electron chi connectivity index (χ3n) is 2.28. The molecule has 0 aliphatic carbocycles. The molecule has 15 heavy (non-hydrogen) atoms. The number of benzene rings is 1. The number of β-amino-alcohol motifs (C(OH)–C–C–N with tert-alkyl or cyclic N) is 1. The van der Waals surface area contributed by atoms with Crippen LogP contribution in [0.3, 0.4) is 0 Å². The van der Waals surface area contributed by atoms with E-state index in [4.69, 9.17) is 16.7 Å². The normalized spacial score (nSPS) is 14.8. The van der Waals surface area contributed by atoms with Crippen LogP contribution in [0.25, 0.3) is 0 Å². The van der Waals surface area contributed by atoms with Crippen molar-refractivity contribution in [1.29, 1.82) is 0 Å². The number of carbonyl (C=O) groups excluding carboxylic acids is 1. The molecule has 2 rings (SSSR count). The molecule has 5 heteroatoms. The Balaban J connectivity index is 2.38. The Morgan fingerprint density at radius 1 is 1.53 bits per heavy atom. The summed E-state index contributed by atoms with van der Waals surface area (Å²) in [6.07, 6.45) is 0. The van der Waals surface area contributed by atoms with Crippen molar-refractivity contribution < 1.29 is 9.90 Å². The first-order chi connectivity index (χ1) is 7.20. The number of nitrogens with zero attached hydrogens (tertiary/aromatic N) is 1. The minimum atomic E-state index is -0.0710. The number of hydrogen-bond donors (Lipinski definition) is 2. The van der Waals surface area contributed by atoms with Gasteiger partial charge >= 0.3 is 0 Å². The largest absolute Gasteiger partial charge is 0.395 e. The maximum atomic E-state index is 11.3. The summed E-state index contributed by atoms with van der Waals surface area (Å²) >= 11 is 5.88. The van der Waals surface area contributed by atoms with Crippen molar-refractivity contribution in [3.05, 3.63) is 23.2 Å². The molecule has 1 aromatic rings. The molecule has 1 aromatic carbocycles. The van der Waals surface area contributed by atoms with Gasteiger partial charge in [0.2, 0.25) is 5.91 Å². The maximum Gasteiger partial charge on any atom is 0.243 e. The van der Waals surface area contributed by atoms with E-state index >= 15 is 0 Å². The molecule has 80 valence electrons. The van der Waals surface area contributed by atoms with Gasteiger partial charge in [-0.05, 0) is 18.2 Å². The van der Waals surface area contributed by atoms with E-state index in [9.17, 15) is 4.79 Å². The Hall–Kier alpha value is -1.26. The molecule has 0 aromatic heterocycles. The SMILES string of the molecule is O=C1CN(CCO)c2cc(Cl)ccc2N1. The number of aliphatic hydroxyl groups excluding tert-OH is 1. The quantitative estimate of drug-likeness (QED) is 0.794. The van der Waals surface area contributed by atoms with E-state index in [1.54, 1.807) is 23.1 Å². The molecule has 0 bridgehead atoms. The topological polar surface area (TPSA) is 52.6 Å². The molecule has 4 nitrogen and oxygen atoms in total. The molecular formula is C10H11ClN2O2. The predicted molar refractivity (Wildman–Crippen MR) is 59.4 cm³/mol. The highest BCUT2D eigenvalue weighted by Crippen LogP contribution is 2.31. The first-order valence-corrected chi connectivity index (χ1v) is 5.03. The van der Waals surface area contributed by atoms with Crippen LogP contribution in [0.5, 0.6) is 0 Å². The molecule has 0 unspecified atom stereocenters. The summed E-state index contributed by atoms with van der Waals surface area (Å²) in [5, 5.41) is 12.3. The summed E-state index contributed by atoms with van der Waals surface area (Å²) in [4.78, 5) is 13.1. The van der Waals surface area contributed by atoms with Crippen molar-refractivity contribution in [3.63, 3.8) is 0 Å². The van der Waals surface area contributed by atoms with Gasteiger partial charge in [0.05, 0.1) is 24.5 Å². The summed E-state index contributed by atoms with van der Waals surface area (Å²) in [5.41, 5.74) is 1.60. The summed E-state index contributed by atoms with van der Waals surface area (Å²) in [6, 6.07) is 5.27. The van der Waals surface area contributed by atoms with Gasteiger partial charge in [-0.25, -0.2) is 0 Å². The lowest BCUT2D eigenvalue weighted by Crippen LogP contribution is -2.39. The Kier molecular flexibility index (Phi) is 2.79. The lowest BCUT2D eigenvalue weighted by Gasteiger charge is -2.30. The Morgan fingerprint density at radius 3 is 3.07 bits per heavy atom. The van der Waals surface area contributed by atoms with Gasteiger partial charge in [-0.15, -0.1) is 0 Å². The lowest BCUT2D eigenvalue weighted by molar-refractivity contribution is -0.115. The second-order valence-electron chi connectivity index (χ2n) is 3.35. The van der Waals surface area contributed by atoms with Crippen molar-refractivity contribution in [1.82, 2.24) is 0 Å². The van der Waals surface area contributed by atoms with Gasteiger partial charge in [0, 0.05) is 11.6 Å². The van der Waals surface area contributed by atoms with Crippen molar-refractivity contribution in [3.8, 4) is 0 Å². The Labute approximate surface area is 92.5 Å². The highest BCUT2D eigenvalue weighted by Gasteiger charge is 2.21. The van der Waals surface area contributed by atoms with Gasteiger partial charge in [-0.3, -0.25) is 4.79 Å². The molecule has 1 amide bonds. The zero-order valence-electron chi connectivity index (χ0n) is 8.03. The maximum absolute atomic E-state index is 11.3. The van der Waals surface area contributed by atoms with Crippen molar-refractivity contribution in [2.75, 3.05) is 29.9 Å². The third kappa shape index (κ3) is 2.06. The van der Waals surface area contributed by atoms with Crippen LogP contribution in [0, 0.1) is 0 Å². The number of anilines is 2. The first-order valence-electron chi connectivity index (χ1n) is 4.66. The summed E-state index contributed by atoms with van der Waals surface area (Å²) in [7, 11) is 0. The second-order valence-corrected chi connectivity index (χ2v) is 3.79. The van der Waals surface area contributed by atoms with Crippen LogP contribution in [0.1, 0.15) is 0 Å². The minimum Gasteiger partial charge on any atom is -0.395 e. The molecule has 1 aliphatic rings. The number of carbonyl (C=O) groups is 1. The number of rotatable bonds is 2. The molecule has 0 atom stereocenters. The number of halogens is 1. The zero-order valence-corrected chi connectivity index (χ0v) is 8.79. The fraction of sp³-hybridized carbons (Fsp3) is 0.300. The van der Waals surface area contributed by atoms with Crippen molar-refractivity contribution in [2.24, 2.45) is 0 Å². The van der Waals surface area contributed by atoms with Crippen LogP contribution in [-0.2, 0) is 4.79 Å². The number of amides is 1. The number of fused-ring (bicyclic) bond motifs is 1. The highest BCUT2D eigenvalue weighted by atomic mass is 35.5. The highest BCUT2D eigenvalue weighted by molar-refractivity contribution is 6.31. The molecule has 0 spiro atoms. The first kappa shape index (κ1) is 10.3. The van der Waals surface area contributed by atoms with Gasteiger partial charge < -0.3 is 15.3 Å². The smallest absolute Gasteiger partial charge is 0.243 e. The second kappa shape index (κ2) is 4.08. The molecule has 0 radical (unpaired) electrons. The van der Waals surface area contributed by atoms with Crippen LogP contribution in [0.15, 0.2) is 18.2 Å². The van der Waals surface area contributed by atoms with Gasteiger partial charge in [0.15, 0.2) is 0 Å². The third-order valence-corrected chi connectivity index (χ3v) is 2.51. The zero-order chi connectivity index (χ0) is 10.8. The number of aliphatic hydroxyl groups is 1. The van der Waals surface area contributed by atoms with E-state index in [2.05, 4.69) is 5.32 Å². The molecular weight excluding hydrogens is 216 g/mol. The molecule has 2 N–H and O–H groups in total. The minimum absolute atomic E-state index is 0.0131. The molecule has 0 fully saturated rings. The van der Waals surface area contributed by atoms with Crippen LogP contribution in [-0.4, -0.2) is 30.7 Å². The van der Waals surface area contributed by atoms with Crippen molar-refractivity contribution >= 4 is 28.9 Å². The summed E-state index contributed by atoms with van der Waals surface area (Å²) in [6.45, 7) is 0.702. The Bertz CT molecular complexity index is 395. The van der Waals surface area contributed by atoms with Crippen LogP contribution in [0.2, 0.25) is 5.02 Å². The Morgan fingerprint density at radius 2 is 2.33 bits per heavy atom. The predicted octanol–water partition coefficient (Wildman–Crippen LogP) is 1.09. The average Bonchev–Trinajstić information content (AvgIpc) is 2.19. The van der Waals surface area contributed by atoms with Crippen LogP contribution < -0.4 is 10.2 Å². The lowest BCUT2D eigenvalue weighted by atomic mass is 10.2. The summed E-state index contributed by atoms with van der Waals surface area (Å²) in [5.74, 6) is -0.0710. The van der Waals surface area contributed by atoms with E-state index in [0.717, 1.165) is 11.4 Å². The number of nitrogens with one attached hydrogen (secondary N) is 1. The van der Waals surface area contributed by atoms with Crippen LogP contribution >= 0.6 is 11.6 Å². The van der Waals surface area contributed by atoms with E-state index in [1.165, 1.54) is 0 Å². The number of hydrogen-bond acceptors (Lipinski definition) is 3. The van der Waals surface area contributed by atoms with E-state index in [1.807, 2.05) is 0 Å². The van der Waals surface area contributed by atoms with Gasteiger partial charge in [-0.2, -0.15) is 0 Å². The molecule has 0 saturated carbocycles. The fourth-order valence-electron chi connectivity index (χ4n) is 1.64. The van der Waals surface area contributed by atoms with E-state index < -0.39 is 0 Å². The van der Waals surface area contributed by atoms with E-state index in [0.29, 0.717) is 11.6 Å². The van der Waals surface area contributed by atoms with Gasteiger partial charge in [0.25, 0.3) is 0 Å². The van der Waals surface area contributed by atoms with E-state index in [-0.39, 0.29) is 19.1 Å².